The summed E-state index contributed by atoms with van der Waals surface area (Å²) in [5, 5.41) is 0. The molecule has 0 bridgehead atoms. The van der Waals surface area contributed by atoms with Gasteiger partial charge in [0.1, 0.15) is 18.0 Å². The van der Waals surface area contributed by atoms with Gasteiger partial charge in [-0.1, -0.05) is 12.1 Å². The molecule has 2 aromatic rings. The molecule has 0 atom stereocenters. The highest BCUT2D eigenvalue weighted by molar-refractivity contribution is 5.94. The summed E-state index contributed by atoms with van der Waals surface area (Å²) >= 11 is 0. The van der Waals surface area contributed by atoms with E-state index in [9.17, 15) is 4.79 Å². The van der Waals surface area contributed by atoms with Crippen LogP contribution in [0.25, 0.3) is 0 Å². The van der Waals surface area contributed by atoms with E-state index >= 15 is 0 Å². The second-order valence-corrected chi connectivity index (χ2v) is 6.30. The molecule has 5 heteroatoms. The molecule has 132 valence electrons. The Morgan fingerprint density at radius 1 is 1.00 bits per heavy atom. The molecule has 25 heavy (non-hydrogen) atoms. The number of nitrogens with one attached hydrogen (secondary N) is 1. The van der Waals surface area contributed by atoms with Crippen LogP contribution in [0.15, 0.2) is 48.5 Å². The number of hydrogen-bond acceptors (Lipinski definition) is 3. The van der Waals surface area contributed by atoms with Gasteiger partial charge in [0.15, 0.2) is 0 Å². The number of carbonyl (C=O) groups is 1. The molecule has 1 N–H and O–H groups in total. The minimum absolute atomic E-state index is 0.100. The molecule has 5 nitrogen and oxygen atoms in total. The third-order valence-electron chi connectivity index (χ3n) is 4.68. The van der Waals surface area contributed by atoms with Gasteiger partial charge in [0.05, 0.1) is 40.4 Å². The highest BCUT2D eigenvalue weighted by atomic mass is 16.5. The summed E-state index contributed by atoms with van der Waals surface area (Å²) in [6, 6.07) is 15.5. The average molecular weight is 341 g/mol. The van der Waals surface area contributed by atoms with E-state index in [2.05, 4.69) is 12.1 Å². The maximum atomic E-state index is 12.6. The van der Waals surface area contributed by atoms with E-state index < -0.39 is 0 Å². The zero-order valence-corrected chi connectivity index (χ0v) is 14.8. The van der Waals surface area contributed by atoms with Crippen LogP contribution in [0, 0.1) is 0 Å². The van der Waals surface area contributed by atoms with E-state index in [0.717, 1.165) is 49.8 Å². The van der Waals surface area contributed by atoms with Gasteiger partial charge in [0.2, 0.25) is 0 Å². The summed E-state index contributed by atoms with van der Waals surface area (Å²) in [6.07, 6.45) is 0. The molecule has 0 aliphatic carbocycles. The van der Waals surface area contributed by atoms with E-state index in [4.69, 9.17) is 9.47 Å². The summed E-state index contributed by atoms with van der Waals surface area (Å²) in [5.41, 5.74) is 1.99. The Kier molecular flexibility index (Phi) is 5.56. The molecular weight excluding hydrogens is 316 g/mol. The highest BCUT2D eigenvalue weighted by Crippen LogP contribution is 2.14. The number of rotatable bonds is 5. The van der Waals surface area contributed by atoms with Crippen molar-refractivity contribution in [2.75, 3.05) is 40.4 Å². The zero-order valence-electron chi connectivity index (χ0n) is 14.8. The summed E-state index contributed by atoms with van der Waals surface area (Å²) < 4.78 is 10.4. The molecule has 0 radical (unpaired) electrons. The number of piperazine rings is 1. The summed E-state index contributed by atoms with van der Waals surface area (Å²) in [7, 11) is 3.32. The average Bonchev–Trinajstić information content (AvgIpc) is 2.68. The summed E-state index contributed by atoms with van der Waals surface area (Å²) in [5.74, 6) is 1.76. The first-order valence-corrected chi connectivity index (χ1v) is 8.59. The lowest BCUT2D eigenvalue weighted by atomic mass is 10.1. The van der Waals surface area contributed by atoms with E-state index in [1.807, 2.05) is 41.3 Å². The summed E-state index contributed by atoms with van der Waals surface area (Å²) in [6.45, 7) is 4.44. The van der Waals surface area contributed by atoms with Gasteiger partial charge in [0.25, 0.3) is 5.91 Å². The number of nitrogens with zero attached hydrogens (tertiary/aromatic N) is 1. The lowest BCUT2D eigenvalue weighted by Crippen LogP contribution is -3.13. The standard InChI is InChI=1S/C20H24N2O3/c1-24-18-8-6-17(7-9-18)20(23)22-12-10-21(11-13-22)15-16-4-3-5-19(14-16)25-2/h3-9,14H,10-13,15H2,1-2H3/p+1. The minimum atomic E-state index is 0.100. The zero-order chi connectivity index (χ0) is 17.6. The molecule has 0 saturated carbocycles. The third-order valence-corrected chi connectivity index (χ3v) is 4.68. The number of quaternary nitrogens is 1. The van der Waals surface area contributed by atoms with Gasteiger partial charge in [-0.25, -0.2) is 0 Å². The Bertz CT molecular complexity index is 707. The monoisotopic (exact) mass is 341 g/mol. The van der Waals surface area contributed by atoms with Gasteiger partial charge in [-0.05, 0) is 36.4 Å². The van der Waals surface area contributed by atoms with E-state index in [1.54, 1.807) is 14.2 Å². The van der Waals surface area contributed by atoms with Crippen molar-refractivity contribution in [3.8, 4) is 11.5 Å². The Balaban J connectivity index is 1.54. The maximum Gasteiger partial charge on any atom is 0.254 e. The van der Waals surface area contributed by atoms with Gasteiger partial charge in [0, 0.05) is 11.1 Å². The van der Waals surface area contributed by atoms with Gasteiger partial charge in [-0.15, -0.1) is 0 Å². The van der Waals surface area contributed by atoms with Gasteiger partial charge in [-0.3, -0.25) is 4.79 Å². The SMILES string of the molecule is COc1ccc(C(=O)N2CC[NH+](Cc3cccc(OC)c3)CC2)cc1. The predicted octanol–water partition coefficient (Wildman–Crippen LogP) is 1.24. The molecule has 2 aromatic carbocycles. The van der Waals surface area contributed by atoms with Crippen molar-refractivity contribution in [1.82, 2.24) is 4.90 Å². The predicted molar refractivity (Wildman–Crippen MR) is 96.3 cm³/mol. The molecular formula is C20H25N2O3+. The number of benzene rings is 2. The van der Waals surface area contributed by atoms with Crippen molar-refractivity contribution in [3.63, 3.8) is 0 Å². The van der Waals surface area contributed by atoms with Gasteiger partial charge < -0.3 is 19.3 Å². The smallest absolute Gasteiger partial charge is 0.254 e. The fourth-order valence-corrected chi connectivity index (χ4v) is 3.19. The quantitative estimate of drug-likeness (QED) is 0.890. The van der Waals surface area contributed by atoms with Crippen LogP contribution >= 0.6 is 0 Å². The molecule has 1 aliphatic rings. The molecule has 1 aliphatic heterocycles. The number of hydrogen-bond donors (Lipinski definition) is 1. The van der Waals surface area contributed by atoms with Crippen molar-refractivity contribution >= 4 is 5.91 Å². The number of carbonyl (C=O) groups excluding carboxylic acids is 1. The first kappa shape index (κ1) is 17.3. The third kappa shape index (κ3) is 4.31. The van der Waals surface area contributed by atoms with Crippen molar-refractivity contribution in [3.05, 3.63) is 59.7 Å². The van der Waals surface area contributed by atoms with Crippen LogP contribution < -0.4 is 14.4 Å². The fraction of sp³-hybridized carbons (Fsp3) is 0.350. The molecule has 0 aromatic heterocycles. The van der Waals surface area contributed by atoms with E-state index in [1.165, 1.54) is 10.5 Å². The van der Waals surface area contributed by atoms with Crippen LogP contribution in [0.2, 0.25) is 0 Å². The molecule has 1 saturated heterocycles. The number of methoxy groups -OCH3 is 2. The molecule has 1 fully saturated rings. The van der Waals surface area contributed by atoms with Crippen molar-refractivity contribution in [2.24, 2.45) is 0 Å². The Hall–Kier alpha value is -2.53. The molecule has 0 unspecified atom stereocenters. The topological polar surface area (TPSA) is 43.2 Å². The van der Waals surface area contributed by atoms with E-state index in [-0.39, 0.29) is 5.91 Å². The molecule has 1 amide bonds. The summed E-state index contributed by atoms with van der Waals surface area (Å²) in [4.78, 5) is 16.0. The van der Waals surface area contributed by atoms with Crippen LogP contribution in [0.5, 0.6) is 11.5 Å². The molecule has 0 spiro atoms. The lowest BCUT2D eigenvalue weighted by Gasteiger charge is -2.32. The Morgan fingerprint density at radius 2 is 1.68 bits per heavy atom. The second kappa shape index (κ2) is 8.03. The number of ether oxygens (including phenoxy) is 2. The van der Waals surface area contributed by atoms with Crippen LogP contribution in [0.3, 0.4) is 0 Å². The van der Waals surface area contributed by atoms with Gasteiger partial charge >= 0.3 is 0 Å². The van der Waals surface area contributed by atoms with Crippen molar-refractivity contribution in [1.29, 1.82) is 0 Å². The largest absolute Gasteiger partial charge is 0.497 e. The van der Waals surface area contributed by atoms with Crippen molar-refractivity contribution in [2.45, 2.75) is 6.54 Å². The van der Waals surface area contributed by atoms with Crippen LogP contribution in [-0.4, -0.2) is 51.2 Å². The first-order valence-electron chi connectivity index (χ1n) is 8.59. The van der Waals surface area contributed by atoms with Crippen LogP contribution in [0.4, 0.5) is 0 Å². The Morgan fingerprint density at radius 3 is 2.32 bits per heavy atom. The maximum absolute atomic E-state index is 12.6. The lowest BCUT2D eigenvalue weighted by molar-refractivity contribution is -0.917. The second-order valence-electron chi connectivity index (χ2n) is 6.30. The number of amides is 1. The fourth-order valence-electron chi connectivity index (χ4n) is 3.19. The highest BCUT2D eigenvalue weighted by Gasteiger charge is 2.24. The molecule has 1 heterocycles. The van der Waals surface area contributed by atoms with Gasteiger partial charge in [-0.2, -0.15) is 0 Å². The first-order chi connectivity index (χ1) is 12.2. The van der Waals surface area contributed by atoms with Crippen molar-refractivity contribution < 1.29 is 19.2 Å². The molecule has 3 rings (SSSR count). The van der Waals surface area contributed by atoms with Crippen LogP contribution in [-0.2, 0) is 6.54 Å². The normalized spacial score (nSPS) is 15.0. The van der Waals surface area contributed by atoms with E-state index in [0.29, 0.717) is 0 Å². The Labute approximate surface area is 148 Å². The minimum Gasteiger partial charge on any atom is -0.497 e. The van der Waals surface area contributed by atoms with Crippen LogP contribution in [0.1, 0.15) is 15.9 Å².